The summed E-state index contributed by atoms with van der Waals surface area (Å²) in [6, 6.07) is 0.488. The molecule has 1 saturated heterocycles. The molecule has 3 heteroatoms. The fourth-order valence-electron chi connectivity index (χ4n) is 4.37. The molecule has 2 bridgehead atoms. The van der Waals surface area contributed by atoms with Gasteiger partial charge in [0.25, 0.3) is 0 Å². The second kappa shape index (κ2) is 4.84. The van der Waals surface area contributed by atoms with Gasteiger partial charge in [0.15, 0.2) is 0 Å². The molecule has 1 aliphatic heterocycles. The van der Waals surface area contributed by atoms with Crippen LogP contribution in [0.5, 0.6) is 0 Å². The molecule has 2 N–H and O–H groups in total. The van der Waals surface area contributed by atoms with Crippen molar-refractivity contribution in [1.82, 2.24) is 10.6 Å². The second-order valence-electron chi connectivity index (χ2n) is 6.67. The van der Waals surface area contributed by atoms with Crippen LogP contribution in [0.15, 0.2) is 0 Å². The van der Waals surface area contributed by atoms with Crippen molar-refractivity contribution in [3.8, 4) is 0 Å². The van der Waals surface area contributed by atoms with Crippen LogP contribution in [0.2, 0.25) is 0 Å². The Kier molecular flexibility index (Phi) is 3.35. The van der Waals surface area contributed by atoms with Crippen molar-refractivity contribution in [2.45, 2.75) is 57.9 Å². The summed E-state index contributed by atoms with van der Waals surface area (Å²) in [7, 11) is 0. The highest BCUT2D eigenvalue weighted by Crippen LogP contribution is 2.45. The third-order valence-corrected chi connectivity index (χ3v) is 5.69. The quantitative estimate of drug-likeness (QED) is 0.805. The lowest BCUT2D eigenvalue weighted by molar-refractivity contribution is -0.133. The number of carbonyl (C=O) groups is 1. The lowest BCUT2D eigenvalue weighted by Crippen LogP contribution is -2.53. The average molecular weight is 250 g/mol. The maximum Gasteiger partial charge on any atom is 0.227 e. The van der Waals surface area contributed by atoms with E-state index in [1.165, 1.54) is 25.7 Å². The first kappa shape index (κ1) is 12.5. The first-order valence-electron chi connectivity index (χ1n) is 7.75. The summed E-state index contributed by atoms with van der Waals surface area (Å²) < 4.78 is 0. The van der Waals surface area contributed by atoms with Crippen molar-refractivity contribution in [3.63, 3.8) is 0 Å². The zero-order valence-electron chi connectivity index (χ0n) is 11.5. The van der Waals surface area contributed by atoms with Crippen molar-refractivity contribution in [2.24, 2.45) is 17.3 Å². The minimum Gasteiger partial charge on any atom is -0.353 e. The molecule has 0 aromatic heterocycles. The predicted molar refractivity (Wildman–Crippen MR) is 72.2 cm³/mol. The first-order valence-corrected chi connectivity index (χ1v) is 7.75. The number of hydrogen-bond donors (Lipinski definition) is 2. The Labute approximate surface area is 110 Å². The van der Waals surface area contributed by atoms with Crippen molar-refractivity contribution < 1.29 is 4.79 Å². The van der Waals surface area contributed by atoms with E-state index in [9.17, 15) is 4.79 Å². The summed E-state index contributed by atoms with van der Waals surface area (Å²) in [6.07, 6.45) is 8.50. The molecule has 3 nitrogen and oxygen atoms in total. The van der Waals surface area contributed by atoms with Crippen molar-refractivity contribution in [2.75, 3.05) is 13.1 Å². The molecule has 0 aromatic rings. The molecule has 0 spiro atoms. The maximum atomic E-state index is 12.6. The normalized spacial score (nSPS) is 43.1. The molecular formula is C15H26N2O. The third kappa shape index (κ3) is 2.07. The number of carbonyl (C=O) groups excluding carboxylic acids is 1. The van der Waals surface area contributed by atoms with E-state index >= 15 is 0 Å². The van der Waals surface area contributed by atoms with Gasteiger partial charge in [-0.2, -0.15) is 0 Å². The largest absolute Gasteiger partial charge is 0.353 e. The molecule has 1 amide bonds. The van der Waals surface area contributed by atoms with Crippen molar-refractivity contribution in [3.05, 3.63) is 0 Å². The highest BCUT2D eigenvalue weighted by Gasteiger charge is 2.44. The fraction of sp³-hybridized carbons (Fsp3) is 0.933. The molecule has 3 aliphatic rings. The van der Waals surface area contributed by atoms with Crippen LogP contribution in [0.25, 0.3) is 0 Å². The highest BCUT2D eigenvalue weighted by atomic mass is 16.2. The van der Waals surface area contributed by atoms with Crippen molar-refractivity contribution >= 4 is 5.91 Å². The Bertz CT molecular complexity index is 322. The average Bonchev–Trinajstić information content (AvgIpc) is 3.01. The van der Waals surface area contributed by atoms with Crippen LogP contribution in [-0.4, -0.2) is 25.0 Å². The van der Waals surface area contributed by atoms with E-state index in [-0.39, 0.29) is 5.41 Å². The van der Waals surface area contributed by atoms with Crippen LogP contribution in [0.3, 0.4) is 0 Å². The molecule has 3 rings (SSSR count). The van der Waals surface area contributed by atoms with E-state index < -0.39 is 0 Å². The van der Waals surface area contributed by atoms with Gasteiger partial charge in [0.05, 0.1) is 5.41 Å². The minimum absolute atomic E-state index is 0.125. The van der Waals surface area contributed by atoms with E-state index in [4.69, 9.17) is 0 Å². The summed E-state index contributed by atoms with van der Waals surface area (Å²) in [4.78, 5) is 12.6. The van der Waals surface area contributed by atoms with E-state index in [2.05, 4.69) is 17.6 Å². The summed E-state index contributed by atoms with van der Waals surface area (Å²) in [5.74, 6) is 2.02. The number of rotatable bonds is 3. The van der Waals surface area contributed by atoms with Gasteiger partial charge in [-0.05, 0) is 56.9 Å². The molecule has 4 unspecified atom stereocenters. The number of piperidine rings is 1. The van der Waals surface area contributed by atoms with E-state index in [0.29, 0.717) is 11.9 Å². The van der Waals surface area contributed by atoms with Crippen LogP contribution < -0.4 is 10.6 Å². The van der Waals surface area contributed by atoms with E-state index in [0.717, 1.165) is 44.2 Å². The number of fused-ring (bicyclic) bond motifs is 2. The molecule has 2 aliphatic carbocycles. The number of amides is 1. The van der Waals surface area contributed by atoms with Gasteiger partial charge in [-0.1, -0.05) is 13.3 Å². The molecule has 0 radical (unpaired) electrons. The topological polar surface area (TPSA) is 41.1 Å². The zero-order valence-corrected chi connectivity index (χ0v) is 11.5. The Balaban J connectivity index is 1.63. The van der Waals surface area contributed by atoms with Crippen molar-refractivity contribution in [1.29, 1.82) is 0 Å². The van der Waals surface area contributed by atoms with Gasteiger partial charge in [-0.15, -0.1) is 0 Å². The van der Waals surface area contributed by atoms with Gasteiger partial charge in [0.1, 0.15) is 0 Å². The standard InChI is InChI=1S/C15H26N2O/c1-2-15(6-3-7-16-10-15)14(18)17-13-9-11-4-5-12(13)8-11/h11-13,16H,2-10H2,1H3,(H,17,18). The SMILES string of the molecule is CCC1(C(=O)NC2CC3CCC2C3)CCCNC1. The molecule has 102 valence electrons. The molecule has 1 heterocycles. The number of nitrogens with one attached hydrogen (secondary N) is 2. The third-order valence-electron chi connectivity index (χ3n) is 5.69. The van der Waals surface area contributed by atoms with Gasteiger partial charge < -0.3 is 10.6 Å². The summed E-state index contributed by atoms with van der Waals surface area (Å²) >= 11 is 0. The Hall–Kier alpha value is -0.570. The molecule has 4 atom stereocenters. The van der Waals surface area contributed by atoms with E-state index in [1.54, 1.807) is 0 Å². The van der Waals surface area contributed by atoms with Crippen LogP contribution in [0, 0.1) is 17.3 Å². The highest BCUT2D eigenvalue weighted by molar-refractivity contribution is 5.83. The molecule has 2 saturated carbocycles. The van der Waals surface area contributed by atoms with Gasteiger partial charge >= 0.3 is 0 Å². The molecular weight excluding hydrogens is 224 g/mol. The zero-order chi connectivity index (χ0) is 12.6. The monoisotopic (exact) mass is 250 g/mol. The Morgan fingerprint density at radius 1 is 1.39 bits per heavy atom. The smallest absolute Gasteiger partial charge is 0.227 e. The molecule has 3 fully saturated rings. The summed E-state index contributed by atoms with van der Waals surface area (Å²) in [6.45, 7) is 4.10. The second-order valence-corrected chi connectivity index (χ2v) is 6.67. The van der Waals surface area contributed by atoms with Crippen LogP contribution in [0.1, 0.15) is 51.9 Å². The van der Waals surface area contributed by atoms with E-state index in [1.807, 2.05) is 0 Å². The lowest BCUT2D eigenvalue weighted by atomic mass is 9.77. The van der Waals surface area contributed by atoms with Gasteiger partial charge in [0, 0.05) is 12.6 Å². The maximum absolute atomic E-state index is 12.6. The van der Waals surface area contributed by atoms with Gasteiger partial charge in [-0.25, -0.2) is 0 Å². The Morgan fingerprint density at radius 2 is 2.28 bits per heavy atom. The summed E-state index contributed by atoms with van der Waals surface area (Å²) in [5.41, 5.74) is -0.125. The summed E-state index contributed by atoms with van der Waals surface area (Å²) in [5, 5.41) is 6.80. The lowest BCUT2D eigenvalue weighted by Gasteiger charge is -2.37. The fourth-order valence-corrected chi connectivity index (χ4v) is 4.37. The van der Waals surface area contributed by atoms with Crippen LogP contribution in [-0.2, 0) is 4.79 Å². The number of hydrogen-bond acceptors (Lipinski definition) is 2. The minimum atomic E-state index is -0.125. The molecule has 0 aromatic carbocycles. The first-order chi connectivity index (χ1) is 8.73. The Morgan fingerprint density at radius 3 is 2.83 bits per heavy atom. The van der Waals surface area contributed by atoms with Gasteiger partial charge in [-0.3, -0.25) is 4.79 Å². The van der Waals surface area contributed by atoms with Crippen LogP contribution >= 0.6 is 0 Å². The molecule has 18 heavy (non-hydrogen) atoms. The van der Waals surface area contributed by atoms with Gasteiger partial charge in [0.2, 0.25) is 5.91 Å². The van der Waals surface area contributed by atoms with Crippen LogP contribution in [0.4, 0.5) is 0 Å². The predicted octanol–water partition coefficient (Wildman–Crippen LogP) is 2.07.